The van der Waals surface area contributed by atoms with Gasteiger partial charge in [0, 0.05) is 17.5 Å². The van der Waals surface area contributed by atoms with Crippen molar-refractivity contribution in [1.82, 2.24) is 0 Å². The van der Waals surface area contributed by atoms with E-state index in [1.54, 1.807) is 0 Å². The predicted molar refractivity (Wildman–Crippen MR) is 191 cm³/mol. The summed E-state index contributed by atoms with van der Waals surface area (Å²) in [6.07, 6.45) is -52.9. The Hall–Kier alpha value is -6.11. The third-order valence-corrected chi connectivity index (χ3v) is 10.0. The third kappa shape index (κ3) is 11.5. The van der Waals surface area contributed by atoms with Crippen LogP contribution in [0.1, 0.15) is 44.5 Å². The maximum atomic E-state index is 14.2. The number of nitrogens with one attached hydrogen (secondary N) is 1. The topological polar surface area (TPSA) is 14.1 Å². The summed E-state index contributed by atoms with van der Waals surface area (Å²) >= 11 is 0. The molecule has 0 amide bonds. The number of fused-ring (bicyclic) bond motifs is 1. The SMILES string of the molecule is FC(F)(F)c1cc([B-](c2cc(C(F)(F)F)cc(C(F)(F)F)c2)(c2cc(C(F)(F)F)cc(C(F)(F)F)c2)c2cc(C(F)(F)F)cc(C(F)(F)F)c2)cc(C(F)(F)F)c1.c1ccc2[nH+]cccc2c1. The van der Waals surface area contributed by atoms with Crippen molar-refractivity contribution in [2.75, 3.05) is 0 Å². The van der Waals surface area contributed by atoms with E-state index in [0.29, 0.717) is 0 Å². The molecule has 1 N–H and O–H groups in total. The second-order valence-corrected chi connectivity index (χ2v) is 14.5. The Morgan fingerprint density at radius 3 is 0.687 bits per heavy atom. The molecule has 0 aliphatic rings. The second-order valence-electron chi connectivity index (χ2n) is 14.5. The highest BCUT2D eigenvalue weighted by molar-refractivity contribution is 7.20. The summed E-state index contributed by atoms with van der Waals surface area (Å²) in [4.78, 5) is 3.15. The molecule has 0 spiro atoms. The summed E-state index contributed by atoms with van der Waals surface area (Å²) in [5.74, 6) is 0. The van der Waals surface area contributed by atoms with Crippen molar-refractivity contribution in [2.45, 2.75) is 49.4 Å². The molecule has 0 bridgehead atoms. The van der Waals surface area contributed by atoms with Crippen LogP contribution in [0.2, 0.25) is 0 Å². The Morgan fingerprint density at radius 2 is 0.478 bits per heavy atom. The highest BCUT2D eigenvalue weighted by Crippen LogP contribution is 2.41. The number of aromatic nitrogens is 1. The van der Waals surface area contributed by atoms with Crippen LogP contribution in [0, 0.1) is 0 Å². The van der Waals surface area contributed by atoms with Gasteiger partial charge in [-0.05, 0) is 36.4 Å². The van der Waals surface area contributed by atoms with E-state index in [4.69, 9.17) is 0 Å². The summed E-state index contributed by atoms with van der Waals surface area (Å²) in [6, 6.07) is 3.50. The highest BCUT2D eigenvalue weighted by Gasteiger charge is 2.47. The highest BCUT2D eigenvalue weighted by atomic mass is 19.4. The van der Waals surface area contributed by atoms with Gasteiger partial charge in [0.05, 0.1) is 44.5 Å². The van der Waals surface area contributed by atoms with Crippen LogP contribution in [0.15, 0.2) is 115 Å². The monoisotopic (exact) mass is 993 g/mol. The number of para-hydroxylation sites is 1. The van der Waals surface area contributed by atoms with Crippen molar-refractivity contribution in [1.29, 1.82) is 0 Å². The average Bonchev–Trinajstić information content (AvgIpc) is 3.18. The maximum absolute atomic E-state index is 14.2. The fourth-order valence-electron chi connectivity index (χ4n) is 7.13. The minimum absolute atomic E-state index is 0.691. The van der Waals surface area contributed by atoms with E-state index >= 15 is 0 Å². The maximum Gasteiger partial charge on any atom is 0.416 e. The quantitative estimate of drug-likeness (QED) is 0.123. The number of alkyl halides is 24. The minimum atomic E-state index is -6.13. The minimum Gasteiger partial charge on any atom is -0.211 e. The van der Waals surface area contributed by atoms with Crippen LogP contribution in [-0.4, -0.2) is 6.15 Å². The van der Waals surface area contributed by atoms with Gasteiger partial charge in [-0.2, -0.15) is 127 Å². The fraction of sp³-hybridized carbons (Fsp3) is 0.195. The number of H-pyrrole nitrogens is 1. The van der Waals surface area contributed by atoms with Gasteiger partial charge in [-0.25, -0.2) is 4.98 Å². The lowest BCUT2D eigenvalue weighted by atomic mass is 9.12. The van der Waals surface area contributed by atoms with Crippen molar-refractivity contribution in [2.24, 2.45) is 0 Å². The average molecular weight is 993 g/mol. The van der Waals surface area contributed by atoms with Gasteiger partial charge < -0.3 is 0 Å². The molecule has 1 aromatic heterocycles. The molecule has 0 saturated carbocycles. The van der Waals surface area contributed by atoms with E-state index in [2.05, 4.69) is 23.2 Å². The first-order valence-corrected chi connectivity index (χ1v) is 17.9. The summed E-state index contributed by atoms with van der Waals surface area (Å²) in [5.41, 5.74) is -29.0. The van der Waals surface area contributed by atoms with Gasteiger partial charge in [0.2, 0.25) is 5.52 Å². The molecule has 67 heavy (non-hydrogen) atoms. The lowest BCUT2D eigenvalue weighted by Gasteiger charge is -2.46. The Balaban J connectivity index is 0.000000733. The Labute approximate surface area is 358 Å². The lowest BCUT2D eigenvalue weighted by molar-refractivity contribution is -0.344. The van der Waals surface area contributed by atoms with Crippen molar-refractivity contribution in [3.8, 4) is 0 Å². The van der Waals surface area contributed by atoms with Crippen LogP contribution in [0.25, 0.3) is 10.9 Å². The van der Waals surface area contributed by atoms with E-state index in [1.165, 1.54) is 10.9 Å². The number of pyridine rings is 1. The Bertz CT molecular complexity index is 2250. The molecule has 0 unspecified atom stereocenters. The van der Waals surface area contributed by atoms with Gasteiger partial charge in [0.1, 0.15) is 6.15 Å². The molecule has 360 valence electrons. The number of halogens is 24. The van der Waals surface area contributed by atoms with E-state index in [-0.39, 0.29) is 0 Å². The van der Waals surface area contributed by atoms with Crippen molar-refractivity contribution >= 4 is 38.9 Å². The van der Waals surface area contributed by atoms with Gasteiger partial charge >= 0.3 is 49.4 Å². The first-order valence-electron chi connectivity index (χ1n) is 17.9. The first kappa shape index (κ1) is 51.9. The number of aromatic amines is 1. The van der Waals surface area contributed by atoms with E-state index in [0.717, 1.165) is 0 Å². The molecule has 26 heteroatoms. The Kier molecular flexibility index (Phi) is 13.3. The molecule has 6 rings (SSSR count). The van der Waals surface area contributed by atoms with Gasteiger partial charge in [0.15, 0.2) is 6.20 Å². The van der Waals surface area contributed by atoms with Gasteiger partial charge in [0.25, 0.3) is 0 Å². The summed E-state index contributed by atoms with van der Waals surface area (Å²) in [5, 5.41) is 1.25. The van der Waals surface area contributed by atoms with Crippen LogP contribution in [-0.2, 0) is 49.4 Å². The van der Waals surface area contributed by atoms with E-state index < -0.39 is 195 Å². The van der Waals surface area contributed by atoms with Gasteiger partial charge in [-0.15, -0.1) is 0 Å². The summed E-state index contributed by atoms with van der Waals surface area (Å²) in [6.45, 7) is 0. The molecule has 5 aromatic carbocycles. The molecular weight excluding hydrogens is 973 g/mol. The molecule has 0 aliphatic heterocycles. The normalized spacial score (nSPS) is 13.7. The van der Waals surface area contributed by atoms with Gasteiger partial charge in [-0.3, -0.25) is 0 Å². The molecule has 0 fully saturated rings. The zero-order valence-corrected chi connectivity index (χ0v) is 32.1. The molecule has 0 atom stereocenters. The van der Waals surface area contributed by atoms with Crippen LogP contribution in [0.5, 0.6) is 0 Å². The summed E-state index contributed by atoms with van der Waals surface area (Å²) in [7, 11) is 0. The predicted octanol–water partition coefficient (Wildman–Crippen LogP) is 12.9. The summed E-state index contributed by atoms with van der Waals surface area (Å²) < 4.78 is 341. The number of benzene rings is 5. The van der Waals surface area contributed by atoms with Crippen LogP contribution >= 0.6 is 0 Å². The van der Waals surface area contributed by atoms with Crippen molar-refractivity contribution in [3.05, 3.63) is 160 Å². The van der Waals surface area contributed by atoms with Crippen LogP contribution < -0.4 is 26.8 Å². The van der Waals surface area contributed by atoms with Crippen LogP contribution in [0.4, 0.5) is 105 Å². The molecule has 0 radical (unpaired) electrons. The number of hydrogen-bond acceptors (Lipinski definition) is 0. The fourth-order valence-corrected chi connectivity index (χ4v) is 7.13. The third-order valence-electron chi connectivity index (χ3n) is 10.0. The van der Waals surface area contributed by atoms with Gasteiger partial charge in [-0.1, -0.05) is 60.7 Å². The first-order chi connectivity index (χ1) is 30.2. The van der Waals surface area contributed by atoms with E-state index in [9.17, 15) is 105 Å². The zero-order chi connectivity index (χ0) is 50.7. The second kappa shape index (κ2) is 17.2. The van der Waals surface area contributed by atoms with Crippen molar-refractivity contribution < 1.29 is 110 Å². The lowest BCUT2D eigenvalue weighted by Crippen LogP contribution is -2.75. The molecule has 0 aliphatic carbocycles. The largest absolute Gasteiger partial charge is 0.416 e. The molecule has 1 heterocycles. The molecule has 0 saturated heterocycles. The number of rotatable bonds is 4. The Morgan fingerprint density at radius 1 is 0.269 bits per heavy atom. The molecular formula is C41H20BF24N. The molecule has 1 nitrogen and oxygen atoms in total. The number of hydrogen-bond donors (Lipinski definition) is 0. The molecule has 6 aromatic rings. The zero-order valence-electron chi connectivity index (χ0n) is 32.1. The van der Waals surface area contributed by atoms with E-state index in [1.807, 2.05) is 24.4 Å². The van der Waals surface area contributed by atoms with Crippen LogP contribution in [0.3, 0.4) is 0 Å². The smallest absolute Gasteiger partial charge is 0.211 e. The van der Waals surface area contributed by atoms with Crippen molar-refractivity contribution in [3.63, 3.8) is 0 Å². The standard InChI is InChI=1S/C32H12BF24.C9H7N/c34-25(35,36)13-1-14(26(37,38)39)6-21(5-13)33(22-7-15(27(40,41)42)2-16(8-22)28(43,44)45,23-9-17(29(46,47)48)3-18(10-23)30(49,50)51)24-11-19(31(52,53)54)4-20(12-24)32(55,56)57;1-2-6-9-8(4-1)5-3-7-10-9/h1-12H;1-7H/q-1;/p+1.